The Morgan fingerprint density at radius 2 is 2.19 bits per heavy atom. The minimum atomic E-state index is 0.251. The van der Waals surface area contributed by atoms with Crippen LogP contribution in [0.2, 0.25) is 0 Å². The average Bonchev–Trinajstić information content (AvgIpc) is 2.92. The van der Waals surface area contributed by atoms with Crippen molar-refractivity contribution in [3.05, 3.63) is 18.6 Å². The first-order valence-electron chi connectivity index (χ1n) is 7.91. The van der Waals surface area contributed by atoms with E-state index in [0.717, 1.165) is 36.8 Å². The van der Waals surface area contributed by atoms with Gasteiger partial charge in [-0.3, -0.25) is 4.40 Å². The molecule has 5 nitrogen and oxygen atoms in total. The molecule has 0 bridgehead atoms. The molecule has 0 amide bonds. The first kappa shape index (κ1) is 14.2. The molecule has 0 saturated heterocycles. The number of hydrogen-bond donors (Lipinski definition) is 1. The second kappa shape index (κ2) is 5.92. The number of fused-ring (bicyclic) bond motifs is 1. The number of rotatable bonds is 4. The average molecular weight is 288 g/mol. The molecule has 3 unspecified atom stereocenters. The highest BCUT2D eigenvalue weighted by molar-refractivity contribution is 5.53. The highest BCUT2D eigenvalue weighted by atomic mass is 16.5. The van der Waals surface area contributed by atoms with Crippen molar-refractivity contribution >= 4 is 11.5 Å². The van der Waals surface area contributed by atoms with Crippen molar-refractivity contribution in [1.82, 2.24) is 14.4 Å². The largest absolute Gasteiger partial charge is 0.472 e. The van der Waals surface area contributed by atoms with Crippen molar-refractivity contribution in [2.45, 2.75) is 46.1 Å². The molecular weight excluding hydrogens is 264 g/mol. The predicted octanol–water partition coefficient (Wildman–Crippen LogP) is 3.36. The minimum absolute atomic E-state index is 0.251. The molecule has 3 rings (SSSR count). The van der Waals surface area contributed by atoms with Crippen molar-refractivity contribution < 1.29 is 4.74 Å². The van der Waals surface area contributed by atoms with Gasteiger partial charge in [-0.1, -0.05) is 13.8 Å². The maximum atomic E-state index is 6.20. The third-order valence-corrected chi connectivity index (χ3v) is 4.53. The van der Waals surface area contributed by atoms with Crippen LogP contribution in [-0.4, -0.2) is 27.0 Å². The Bertz CT molecular complexity index is 609. The van der Waals surface area contributed by atoms with Crippen LogP contribution in [0.4, 0.5) is 5.82 Å². The molecule has 3 atom stereocenters. The van der Waals surface area contributed by atoms with Gasteiger partial charge in [0.25, 0.3) is 5.88 Å². The second-order valence-corrected chi connectivity index (χ2v) is 6.13. The molecule has 1 aliphatic carbocycles. The van der Waals surface area contributed by atoms with Gasteiger partial charge in [-0.25, -0.2) is 4.98 Å². The second-order valence-electron chi connectivity index (χ2n) is 6.13. The van der Waals surface area contributed by atoms with Crippen LogP contribution in [0.5, 0.6) is 5.88 Å². The number of nitrogens with one attached hydrogen (secondary N) is 1. The fourth-order valence-corrected chi connectivity index (χ4v) is 3.01. The van der Waals surface area contributed by atoms with E-state index in [-0.39, 0.29) is 6.10 Å². The van der Waals surface area contributed by atoms with Gasteiger partial charge in [0.1, 0.15) is 11.9 Å². The maximum Gasteiger partial charge on any atom is 0.260 e. The van der Waals surface area contributed by atoms with Crippen LogP contribution >= 0.6 is 0 Å². The molecule has 1 N–H and O–H groups in total. The molecule has 5 heteroatoms. The third-order valence-electron chi connectivity index (χ3n) is 4.53. The zero-order chi connectivity index (χ0) is 14.8. The predicted molar refractivity (Wildman–Crippen MR) is 83.7 cm³/mol. The maximum absolute atomic E-state index is 6.20. The first-order valence-corrected chi connectivity index (χ1v) is 7.91. The van der Waals surface area contributed by atoms with Crippen molar-refractivity contribution in [1.29, 1.82) is 0 Å². The SMILES string of the molecule is CCNc1cn2ccnc2c(OC2CCC(C)C(C)C2)n1. The van der Waals surface area contributed by atoms with Gasteiger partial charge in [0.2, 0.25) is 5.65 Å². The van der Waals surface area contributed by atoms with E-state index in [0.29, 0.717) is 11.8 Å². The smallest absolute Gasteiger partial charge is 0.260 e. The molecule has 1 fully saturated rings. The summed E-state index contributed by atoms with van der Waals surface area (Å²) in [5, 5.41) is 3.24. The fourth-order valence-electron chi connectivity index (χ4n) is 3.01. The highest BCUT2D eigenvalue weighted by Gasteiger charge is 2.26. The van der Waals surface area contributed by atoms with Gasteiger partial charge in [-0.05, 0) is 38.0 Å². The van der Waals surface area contributed by atoms with Crippen molar-refractivity contribution in [2.24, 2.45) is 11.8 Å². The molecular formula is C16H24N4O. The Labute approximate surface area is 125 Å². The minimum Gasteiger partial charge on any atom is -0.472 e. The van der Waals surface area contributed by atoms with E-state index in [4.69, 9.17) is 4.74 Å². The summed E-state index contributed by atoms with van der Waals surface area (Å²) >= 11 is 0. The number of hydrogen-bond acceptors (Lipinski definition) is 4. The lowest BCUT2D eigenvalue weighted by molar-refractivity contribution is 0.0975. The molecule has 2 aromatic heterocycles. The Morgan fingerprint density at radius 1 is 1.33 bits per heavy atom. The van der Waals surface area contributed by atoms with E-state index in [1.807, 2.05) is 16.8 Å². The van der Waals surface area contributed by atoms with Gasteiger partial charge in [0, 0.05) is 18.9 Å². The van der Waals surface area contributed by atoms with Gasteiger partial charge in [-0.2, -0.15) is 4.98 Å². The fraction of sp³-hybridized carbons (Fsp3) is 0.625. The number of aromatic nitrogens is 3. The quantitative estimate of drug-likeness (QED) is 0.937. The van der Waals surface area contributed by atoms with Crippen molar-refractivity contribution in [3.63, 3.8) is 0 Å². The van der Waals surface area contributed by atoms with Crippen molar-refractivity contribution in [3.8, 4) is 5.88 Å². The number of anilines is 1. The standard InChI is InChI=1S/C16H24N4O/c1-4-17-14-10-20-8-7-18-15(20)16(19-14)21-13-6-5-11(2)12(3)9-13/h7-8,10-13,17H,4-6,9H2,1-3H3. The number of imidazole rings is 1. The molecule has 21 heavy (non-hydrogen) atoms. The number of nitrogens with zero attached hydrogens (tertiary/aromatic N) is 3. The topological polar surface area (TPSA) is 51.5 Å². The van der Waals surface area contributed by atoms with Crippen LogP contribution in [0.15, 0.2) is 18.6 Å². The van der Waals surface area contributed by atoms with E-state index >= 15 is 0 Å². The Morgan fingerprint density at radius 3 is 2.95 bits per heavy atom. The van der Waals surface area contributed by atoms with E-state index < -0.39 is 0 Å². The molecule has 114 valence electrons. The van der Waals surface area contributed by atoms with Crippen LogP contribution in [0, 0.1) is 11.8 Å². The van der Waals surface area contributed by atoms with Crippen molar-refractivity contribution in [2.75, 3.05) is 11.9 Å². The van der Waals surface area contributed by atoms with E-state index in [2.05, 4.69) is 36.1 Å². The molecule has 0 spiro atoms. The summed E-state index contributed by atoms with van der Waals surface area (Å²) in [6.45, 7) is 7.54. The molecule has 1 saturated carbocycles. The third kappa shape index (κ3) is 2.96. The molecule has 0 aromatic carbocycles. The Hall–Kier alpha value is -1.78. The van der Waals surface area contributed by atoms with Crippen LogP contribution in [0.25, 0.3) is 5.65 Å². The lowest BCUT2D eigenvalue weighted by Crippen LogP contribution is -2.29. The molecule has 2 heterocycles. The summed E-state index contributed by atoms with van der Waals surface area (Å²) in [7, 11) is 0. The molecule has 1 aliphatic rings. The lowest BCUT2D eigenvalue weighted by Gasteiger charge is -2.31. The van der Waals surface area contributed by atoms with E-state index in [9.17, 15) is 0 Å². The summed E-state index contributed by atoms with van der Waals surface area (Å²) in [4.78, 5) is 8.95. The van der Waals surface area contributed by atoms with Crippen LogP contribution in [0.1, 0.15) is 40.0 Å². The van der Waals surface area contributed by atoms with Crippen LogP contribution in [0.3, 0.4) is 0 Å². The number of ether oxygens (including phenoxy) is 1. The summed E-state index contributed by atoms with van der Waals surface area (Å²) in [6.07, 6.45) is 9.34. The van der Waals surface area contributed by atoms with Gasteiger partial charge in [0.05, 0.1) is 6.20 Å². The summed E-state index contributed by atoms with van der Waals surface area (Å²) in [6, 6.07) is 0. The van der Waals surface area contributed by atoms with Gasteiger partial charge >= 0.3 is 0 Å². The zero-order valence-electron chi connectivity index (χ0n) is 13.0. The monoisotopic (exact) mass is 288 g/mol. The molecule has 0 radical (unpaired) electrons. The van der Waals surface area contributed by atoms with E-state index in [1.165, 1.54) is 6.42 Å². The van der Waals surface area contributed by atoms with E-state index in [1.54, 1.807) is 6.20 Å². The van der Waals surface area contributed by atoms with Crippen LogP contribution in [-0.2, 0) is 0 Å². The molecule has 2 aromatic rings. The van der Waals surface area contributed by atoms with Gasteiger partial charge in [0.15, 0.2) is 0 Å². The Kier molecular flexibility index (Phi) is 3.99. The van der Waals surface area contributed by atoms with Gasteiger partial charge < -0.3 is 10.1 Å². The van der Waals surface area contributed by atoms with Gasteiger partial charge in [-0.15, -0.1) is 0 Å². The highest BCUT2D eigenvalue weighted by Crippen LogP contribution is 2.32. The molecule has 0 aliphatic heterocycles. The Balaban J connectivity index is 1.83. The normalized spacial score (nSPS) is 26.0. The summed E-state index contributed by atoms with van der Waals surface area (Å²) in [5.41, 5.74) is 0.794. The first-order chi connectivity index (χ1) is 10.2. The summed E-state index contributed by atoms with van der Waals surface area (Å²) in [5.74, 6) is 2.97. The zero-order valence-corrected chi connectivity index (χ0v) is 13.0. The lowest BCUT2D eigenvalue weighted by atomic mass is 9.80. The summed E-state index contributed by atoms with van der Waals surface area (Å²) < 4.78 is 8.17. The van der Waals surface area contributed by atoms with Crippen LogP contribution < -0.4 is 10.1 Å².